The topological polar surface area (TPSA) is 63.4 Å². The van der Waals surface area contributed by atoms with Crippen LogP contribution in [0.5, 0.6) is 0 Å². The number of carbonyl (C=O) groups is 2. The predicted molar refractivity (Wildman–Crippen MR) is 152 cm³/mol. The smallest absolute Gasteiger partial charge is 0.197 e. The Morgan fingerprint density at radius 1 is 0.718 bits per heavy atom. The molecule has 5 heteroatoms. The van der Waals surface area contributed by atoms with Crippen molar-refractivity contribution in [3.8, 4) is 11.5 Å². The van der Waals surface area contributed by atoms with Crippen molar-refractivity contribution < 1.29 is 14.0 Å². The number of hydrogen-bond donors (Lipinski definition) is 0. The van der Waals surface area contributed by atoms with Gasteiger partial charge in [0, 0.05) is 33.5 Å². The van der Waals surface area contributed by atoms with Crippen molar-refractivity contribution in [3.63, 3.8) is 0 Å². The number of fused-ring (bicyclic) bond motifs is 4. The summed E-state index contributed by atoms with van der Waals surface area (Å²) in [5, 5.41) is 0. The molecule has 39 heavy (non-hydrogen) atoms. The normalized spacial score (nSPS) is 14.7. The minimum absolute atomic E-state index is 0.131. The molecule has 3 aromatic carbocycles. The van der Waals surface area contributed by atoms with Crippen LogP contribution in [0.1, 0.15) is 51.5 Å². The van der Waals surface area contributed by atoms with E-state index < -0.39 is 0 Å². The van der Waals surface area contributed by atoms with Gasteiger partial charge in [-0.1, -0.05) is 74.5 Å². The van der Waals surface area contributed by atoms with E-state index in [1.807, 2.05) is 48.7 Å². The summed E-state index contributed by atoms with van der Waals surface area (Å²) in [7, 11) is 0. The molecule has 7 rings (SSSR count). The lowest BCUT2D eigenvalue weighted by Crippen LogP contribution is -2.16. The van der Waals surface area contributed by atoms with E-state index >= 15 is 0 Å². The molecular formula is C34H24N2O3. The number of ketones is 2. The first-order valence-corrected chi connectivity index (χ1v) is 12.9. The number of para-hydroxylation sites is 2. The molecule has 188 valence electrons. The molecule has 0 bridgehead atoms. The molecule has 2 aliphatic carbocycles. The zero-order chi connectivity index (χ0) is 26.7. The van der Waals surface area contributed by atoms with Crippen molar-refractivity contribution in [1.82, 2.24) is 4.98 Å². The van der Waals surface area contributed by atoms with E-state index in [1.165, 1.54) is 0 Å². The lowest BCUT2D eigenvalue weighted by atomic mass is 9.83. The molecule has 2 heterocycles. The number of furan rings is 1. The molecule has 0 unspecified atom stereocenters. The Morgan fingerprint density at radius 3 is 1.87 bits per heavy atom. The molecule has 0 atom stereocenters. The third-order valence-electron chi connectivity index (χ3n) is 7.67. The van der Waals surface area contributed by atoms with Gasteiger partial charge in [-0.05, 0) is 48.0 Å². The molecule has 0 spiro atoms. The maximum absolute atomic E-state index is 12.9. The summed E-state index contributed by atoms with van der Waals surface area (Å²) in [6, 6.07) is 31.5. The van der Waals surface area contributed by atoms with Gasteiger partial charge in [-0.15, -0.1) is 0 Å². The Morgan fingerprint density at radius 2 is 1.28 bits per heavy atom. The second-order valence-corrected chi connectivity index (χ2v) is 10.4. The van der Waals surface area contributed by atoms with E-state index in [9.17, 15) is 9.59 Å². The highest BCUT2D eigenvalue weighted by Gasteiger charge is 2.41. The van der Waals surface area contributed by atoms with E-state index in [4.69, 9.17) is 9.40 Å². The van der Waals surface area contributed by atoms with Crippen LogP contribution in [0.25, 0.3) is 17.5 Å². The highest BCUT2D eigenvalue weighted by Crippen LogP contribution is 2.51. The second kappa shape index (κ2) is 8.50. The maximum Gasteiger partial charge on any atom is 0.197 e. The van der Waals surface area contributed by atoms with E-state index in [-0.39, 0.29) is 22.6 Å². The highest BCUT2D eigenvalue weighted by atomic mass is 16.3. The van der Waals surface area contributed by atoms with Crippen LogP contribution in [0.2, 0.25) is 0 Å². The quantitative estimate of drug-likeness (QED) is 0.182. The van der Waals surface area contributed by atoms with Crippen LogP contribution in [0, 0.1) is 0 Å². The Bertz CT molecular complexity index is 1740. The van der Waals surface area contributed by atoms with Gasteiger partial charge in [-0.3, -0.25) is 14.6 Å². The molecule has 0 saturated heterocycles. The summed E-state index contributed by atoms with van der Waals surface area (Å²) in [5.74, 6) is 0.618. The van der Waals surface area contributed by atoms with Crippen LogP contribution in [0.15, 0.2) is 113 Å². The third kappa shape index (κ3) is 3.51. The molecule has 0 fully saturated rings. The molecular weight excluding hydrogens is 484 g/mol. The number of Topliss-reactive ketones (excluding diaryl/α,β-unsaturated/α-hetero) is 2. The fraction of sp³-hybridized carbons (Fsp3) is 0.0882. The van der Waals surface area contributed by atoms with Crippen molar-refractivity contribution in [1.29, 1.82) is 0 Å². The average molecular weight is 509 g/mol. The fourth-order valence-corrected chi connectivity index (χ4v) is 5.65. The first-order valence-electron chi connectivity index (χ1n) is 12.9. The molecule has 0 aliphatic heterocycles. The van der Waals surface area contributed by atoms with E-state index in [1.54, 1.807) is 30.3 Å². The van der Waals surface area contributed by atoms with Crippen LogP contribution in [0.4, 0.5) is 17.1 Å². The number of aromatic nitrogens is 1. The van der Waals surface area contributed by atoms with Gasteiger partial charge in [0.2, 0.25) is 0 Å². The van der Waals surface area contributed by atoms with Crippen molar-refractivity contribution in [3.05, 3.63) is 137 Å². The zero-order valence-electron chi connectivity index (χ0n) is 21.5. The van der Waals surface area contributed by atoms with Crippen molar-refractivity contribution in [2.24, 2.45) is 0 Å². The summed E-state index contributed by atoms with van der Waals surface area (Å²) in [6.45, 7) is 4.29. The summed E-state index contributed by atoms with van der Waals surface area (Å²) in [5.41, 5.74) is 6.47. The molecule has 0 radical (unpaired) electrons. The van der Waals surface area contributed by atoms with Crippen molar-refractivity contribution in [2.75, 3.05) is 4.90 Å². The van der Waals surface area contributed by atoms with Crippen LogP contribution >= 0.6 is 0 Å². The lowest BCUT2D eigenvalue weighted by molar-refractivity contribution is 0.0990. The maximum atomic E-state index is 12.9. The second-order valence-electron chi connectivity index (χ2n) is 10.4. The van der Waals surface area contributed by atoms with Crippen LogP contribution in [-0.2, 0) is 5.41 Å². The van der Waals surface area contributed by atoms with Crippen molar-refractivity contribution >= 4 is 34.7 Å². The van der Waals surface area contributed by atoms with Crippen LogP contribution < -0.4 is 4.90 Å². The van der Waals surface area contributed by atoms with Gasteiger partial charge >= 0.3 is 0 Å². The molecule has 5 nitrogen and oxygen atoms in total. The molecule has 2 aliphatic rings. The Hall–Kier alpha value is -5.03. The van der Waals surface area contributed by atoms with E-state index in [2.05, 4.69) is 49.1 Å². The molecule has 2 aromatic heterocycles. The summed E-state index contributed by atoms with van der Waals surface area (Å²) in [4.78, 5) is 32.9. The molecule has 0 amide bonds. The Labute approximate surface area is 226 Å². The predicted octanol–water partition coefficient (Wildman–Crippen LogP) is 7.91. The van der Waals surface area contributed by atoms with Crippen molar-refractivity contribution in [2.45, 2.75) is 19.3 Å². The van der Waals surface area contributed by atoms with Gasteiger partial charge < -0.3 is 9.32 Å². The third-order valence-corrected chi connectivity index (χ3v) is 7.67. The van der Waals surface area contributed by atoms with Gasteiger partial charge in [0.15, 0.2) is 17.3 Å². The zero-order valence-corrected chi connectivity index (χ0v) is 21.5. The van der Waals surface area contributed by atoms with Gasteiger partial charge in [0.05, 0.1) is 17.5 Å². The van der Waals surface area contributed by atoms with Gasteiger partial charge in [-0.2, -0.15) is 0 Å². The number of pyridine rings is 1. The lowest BCUT2D eigenvalue weighted by Gasteiger charge is -2.27. The van der Waals surface area contributed by atoms with Crippen LogP contribution in [0.3, 0.4) is 0 Å². The largest absolute Gasteiger partial charge is 0.455 e. The minimum Gasteiger partial charge on any atom is -0.455 e. The summed E-state index contributed by atoms with van der Waals surface area (Å²) >= 11 is 0. The number of benzene rings is 3. The number of carbonyl (C=O) groups excluding carboxylic acids is 2. The number of hydrogen-bond acceptors (Lipinski definition) is 5. The Balaban J connectivity index is 1.30. The molecule has 0 N–H and O–H groups in total. The average Bonchev–Trinajstić information content (AvgIpc) is 3.56. The number of rotatable bonds is 4. The number of allylic oxidation sites excluding steroid dienone is 1. The monoisotopic (exact) mass is 508 g/mol. The Kier molecular flexibility index (Phi) is 5.04. The number of nitrogens with zero attached hydrogens (tertiary/aromatic N) is 2. The fourth-order valence-electron chi connectivity index (χ4n) is 5.65. The van der Waals surface area contributed by atoms with Gasteiger partial charge in [-0.25, -0.2) is 0 Å². The van der Waals surface area contributed by atoms with Gasteiger partial charge in [0.1, 0.15) is 11.5 Å². The van der Waals surface area contributed by atoms with Gasteiger partial charge in [0.25, 0.3) is 0 Å². The number of anilines is 3. The summed E-state index contributed by atoms with van der Waals surface area (Å²) in [6.07, 6.45) is 3.44. The molecule has 5 aromatic rings. The highest BCUT2D eigenvalue weighted by molar-refractivity contribution is 6.41. The first-order chi connectivity index (χ1) is 18.9. The van der Waals surface area contributed by atoms with E-state index in [0.29, 0.717) is 22.6 Å². The van der Waals surface area contributed by atoms with E-state index in [0.717, 1.165) is 33.9 Å². The first kappa shape index (κ1) is 23.1. The minimum atomic E-state index is -0.389. The van der Waals surface area contributed by atoms with Crippen LogP contribution in [-0.4, -0.2) is 16.6 Å². The summed E-state index contributed by atoms with van der Waals surface area (Å²) < 4.78 is 6.26. The molecule has 0 saturated carbocycles. The SMILES string of the molecule is CC1(C)c2cc(N(c3ccccc3)c3ccccc3)cnc2-c2oc(C=C3C(=O)c4ccccc4C3=O)cc21. The standard InChI is InChI=1S/C34H24N2O3/c1-34(2)28-17-23(36(21-11-5-3-6-12-21)22-13-7-4-8-14-22)20-35-30(28)33-29(34)19-24(39-33)18-27-31(37)25-15-9-10-16-26(25)32(27)38/h3-20H,1-2H3.